The largest absolute Gasteiger partial charge is 0.469 e. The van der Waals surface area contributed by atoms with Crippen molar-refractivity contribution in [3.05, 3.63) is 11.6 Å². The summed E-state index contributed by atoms with van der Waals surface area (Å²) in [6.07, 6.45) is 0.938. The minimum absolute atomic E-state index is 0.0198. The van der Waals surface area contributed by atoms with Gasteiger partial charge in [-0.3, -0.25) is 14.5 Å². The molecule has 0 bridgehead atoms. The quantitative estimate of drug-likeness (QED) is 0.0857. The Kier molecular flexibility index (Phi) is 15.8. The van der Waals surface area contributed by atoms with E-state index in [9.17, 15) is 50.4 Å². The maximum absolute atomic E-state index is 15.9. The first-order valence-corrected chi connectivity index (χ1v) is 27.9. The van der Waals surface area contributed by atoms with Crippen molar-refractivity contribution in [1.82, 2.24) is 10.2 Å². The molecule has 414 valence electrons. The molecule has 9 N–H and O–H groups in total. The number of carbonyl (C=O) groups excluding carboxylic acids is 3. The molecule has 6 saturated carbocycles. The third-order valence-electron chi connectivity index (χ3n) is 21.7. The van der Waals surface area contributed by atoms with Crippen LogP contribution in [0.2, 0.25) is 0 Å². The van der Waals surface area contributed by atoms with Gasteiger partial charge in [0.1, 0.15) is 42.7 Å². The lowest BCUT2D eigenvalue weighted by Gasteiger charge is -2.72. The van der Waals surface area contributed by atoms with E-state index in [0.717, 1.165) is 70.6 Å². The summed E-state index contributed by atoms with van der Waals surface area (Å²) in [5, 5.41) is 90.6. The Morgan fingerprint density at radius 2 is 1.40 bits per heavy atom. The number of nitrogens with one attached hydrogen (secondary N) is 1. The Morgan fingerprint density at radius 1 is 0.740 bits per heavy atom. The molecule has 7 aliphatic carbocycles. The average molecular weight is 1030 g/mol. The van der Waals surface area contributed by atoms with Crippen LogP contribution >= 0.6 is 0 Å². The summed E-state index contributed by atoms with van der Waals surface area (Å²) in [6, 6.07) is -0.402. The summed E-state index contributed by atoms with van der Waals surface area (Å²) in [5.41, 5.74) is -2.88. The van der Waals surface area contributed by atoms with Gasteiger partial charge >= 0.3 is 12.0 Å². The molecule has 0 unspecified atom stereocenters. The van der Waals surface area contributed by atoms with Crippen LogP contribution in [0.3, 0.4) is 0 Å². The molecule has 18 nitrogen and oxygen atoms in total. The van der Waals surface area contributed by atoms with Crippen molar-refractivity contribution in [3.63, 3.8) is 0 Å². The molecule has 0 spiro atoms. The van der Waals surface area contributed by atoms with Crippen LogP contribution in [0.1, 0.15) is 157 Å². The van der Waals surface area contributed by atoms with Crippen LogP contribution in [0.4, 0.5) is 4.79 Å². The highest BCUT2D eigenvalue weighted by Gasteiger charge is 2.72. The fraction of sp³-hybridized carbons (Fsp3) is 0.909. The van der Waals surface area contributed by atoms with E-state index in [2.05, 4.69) is 32.2 Å². The van der Waals surface area contributed by atoms with Gasteiger partial charge in [0.2, 0.25) is 5.91 Å². The third-order valence-corrected chi connectivity index (χ3v) is 21.7. The van der Waals surface area contributed by atoms with Crippen LogP contribution in [0.5, 0.6) is 0 Å². The zero-order chi connectivity index (χ0) is 52.6. The first-order valence-electron chi connectivity index (χ1n) is 27.9. The molecule has 0 aromatic rings. The molecule has 0 aromatic heterocycles. The lowest BCUT2D eigenvalue weighted by atomic mass is 9.33. The lowest BCUT2D eigenvalue weighted by molar-refractivity contribution is -0.357. The van der Waals surface area contributed by atoms with E-state index in [4.69, 9.17) is 23.7 Å². The summed E-state index contributed by atoms with van der Waals surface area (Å²) >= 11 is 0. The zero-order valence-corrected chi connectivity index (χ0v) is 44.2. The number of allylic oxidation sites excluding steroid dienone is 2. The minimum atomic E-state index is -1.74. The predicted molar refractivity (Wildman–Crippen MR) is 263 cm³/mol. The average Bonchev–Trinajstić information content (AvgIpc) is 3.37. The Bertz CT molecular complexity index is 2050. The molecule has 2 heterocycles. The number of hydrogen-bond acceptors (Lipinski definition) is 16. The van der Waals surface area contributed by atoms with Crippen molar-refractivity contribution in [2.24, 2.45) is 50.2 Å². The minimum Gasteiger partial charge on any atom is -0.469 e. The van der Waals surface area contributed by atoms with Crippen molar-refractivity contribution in [1.29, 1.82) is 0 Å². The number of ether oxygens (including phenoxy) is 5. The molecule has 9 rings (SSSR count). The number of methoxy groups -OCH3 is 1. The van der Waals surface area contributed by atoms with Gasteiger partial charge in [0.25, 0.3) is 0 Å². The van der Waals surface area contributed by atoms with E-state index in [0.29, 0.717) is 51.4 Å². The number of nitrogens with zero attached hydrogens (tertiary/aromatic N) is 1. The van der Waals surface area contributed by atoms with Gasteiger partial charge in [-0.1, -0.05) is 77.9 Å². The maximum Gasteiger partial charge on any atom is 0.324 e. The number of carbonyl (C=O) groups is 3. The first-order chi connectivity index (χ1) is 34.6. The molecule has 8 fully saturated rings. The maximum atomic E-state index is 15.9. The summed E-state index contributed by atoms with van der Waals surface area (Å²) < 4.78 is 29.1. The zero-order valence-electron chi connectivity index (χ0n) is 44.2. The smallest absolute Gasteiger partial charge is 0.324 e. The van der Waals surface area contributed by atoms with Gasteiger partial charge in [0.15, 0.2) is 12.6 Å². The lowest BCUT2D eigenvalue weighted by Crippen LogP contribution is -2.70. The summed E-state index contributed by atoms with van der Waals surface area (Å²) in [7, 11) is 1.43. The van der Waals surface area contributed by atoms with E-state index >= 15 is 4.79 Å². The Labute approximate surface area is 430 Å². The number of fused-ring (bicyclic) bond motifs is 7. The van der Waals surface area contributed by atoms with Crippen LogP contribution < -0.4 is 5.32 Å². The summed E-state index contributed by atoms with van der Waals surface area (Å²) in [5.74, 6) is -0.841. The number of hydrogen-bond donors (Lipinski definition) is 9. The molecular weight excluding hydrogens is 945 g/mol. The van der Waals surface area contributed by atoms with Gasteiger partial charge < -0.3 is 69.9 Å². The van der Waals surface area contributed by atoms with E-state index < -0.39 is 101 Å². The van der Waals surface area contributed by atoms with E-state index in [1.54, 1.807) is 4.90 Å². The Hall–Kier alpha value is -2.33. The molecule has 0 radical (unpaired) electrons. The normalized spacial score (nSPS) is 48.4. The molecule has 2 saturated heterocycles. The van der Waals surface area contributed by atoms with Crippen LogP contribution in [0.25, 0.3) is 0 Å². The second kappa shape index (κ2) is 20.8. The monoisotopic (exact) mass is 1030 g/mol. The second-order valence-corrected chi connectivity index (χ2v) is 25.6. The first kappa shape index (κ1) is 55.4. The molecular formula is C55H88N2O16. The van der Waals surface area contributed by atoms with E-state index in [1.165, 1.54) is 12.7 Å². The van der Waals surface area contributed by atoms with Gasteiger partial charge in [-0.25, -0.2) is 4.79 Å². The van der Waals surface area contributed by atoms with Crippen LogP contribution in [0.15, 0.2) is 11.6 Å². The van der Waals surface area contributed by atoms with E-state index in [1.807, 2.05) is 13.8 Å². The van der Waals surface area contributed by atoms with Crippen molar-refractivity contribution in [3.8, 4) is 0 Å². The second-order valence-electron chi connectivity index (χ2n) is 25.6. The van der Waals surface area contributed by atoms with Gasteiger partial charge in [0.05, 0.1) is 50.0 Å². The van der Waals surface area contributed by atoms with Gasteiger partial charge in [-0.15, -0.1) is 0 Å². The van der Waals surface area contributed by atoms with Gasteiger partial charge in [-0.2, -0.15) is 0 Å². The highest BCUT2D eigenvalue weighted by Crippen LogP contribution is 2.76. The van der Waals surface area contributed by atoms with Crippen LogP contribution in [-0.4, -0.2) is 170 Å². The number of rotatable bonds is 10. The third kappa shape index (κ3) is 9.06. The number of amides is 3. The fourth-order valence-corrected chi connectivity index (χ4v) is 17.3. The van der Waals surface area contributed by atoms with Crippen LogP contribution in [0, 0.1) is 50.2 Å². The number of aliphatic hydroxyl groups is 8. The molecule has 9 aliphatic rings. The summed E-state index contributed by atoms with van der Waals surface area (Å²) in [4.78, 5) is 46.1. The number of esters is 1. The Balaban J connectivity index is 0.981. The number of imide groups is 1. The molecule has 0 aromatic carbocycles. The predicted octanol–water partition coefficient (Wildman–Crippen LogP) is 3.74. The van der Waals surface area contributed by atoms with Crippen molar-refractivity contribution < 1.29 is 78.9 Å². The van der Waals surface area contributed by atoms with Crippen molar-refractivity contribution in [2.75, 3.05) is 26.9 Å². The van der Waals surface area contributed by atoms with Crippen molar-refractivity contribution in [2.45, 2.75) is 236 Å². The molecule has 73 heavy (non-hydrogen) atoms. The summed E-state index contributed by atoms with van der Waals surface area (Å²) in [6.45, 7) is 9.44. The fourth-order valence-electron chi connectivity index (χ4n) is 17.3. The SMILES string of the molecule is COC(=O)[C@@]1(C)CC[C@]2(C(=O)N(C(=O)NC3CCCCC3)C3CCCCC3)CC[C@]3(C)C(=CC[C@@H]4[C@@]5(C)C[C@H](O)[C@H](O[C@@H]6OC[C@@H](O[C@@H]7O[C@H](CO)[C@@H](O)[C@H](O)[C@H]7O)[C@H](O)[C@H]6O)[C@@](C)(CO)[C@@H]5CC[C@]43C)[C@@H]2C1. The molecule has 20 atom stereocenters. The van der Waals surface area contributed by atoms with Gasteiger partial charge in [-0.05, 0) is 124 Å². The highest BCUT2D eigenvalue weighted by atomic mass is 16.7. The standard InChI is InChI=1S/C55H88N2O16/c1-50(48(67)69-6)21-23-55(47(66)57(31-15-11-8-12-16-31)49(68)56-30-13-9-7-10-14-30)24-22-53(4)32(33(55)25-50)17-18-38-51(2)26-34(60)44(52(3,29-59)37(51)19-20-54(38,53)5)73-45-42(64)40(62)36(28-70-45)72-46-43(65)41(63)39(61)35(27-58)71-46/h17,30-31,33-46,58-65H,7-16,18-29H2,1-6H3,(H,56,68)/t33-,34-,35+,36+,37+,38+,39+,40-,41-,42+,43+,44-,45-,46-,50-,51-,52-,53+,54+,55-/m0/s1. The van der Waals surface area contributed by atoms with Gasteiger partial charge in [0, 0.05) is 17.5 Å². The number of urea groups is 1. The van der Waals surface area contributed by atoms with E-state index in [-0.39, 0.29) is 66.4 Å². The van der Waals surface area contributed by atoms with Crippen LogP contribution in [-0.2, 0) is 33.3 Å². The number of aliphatic hydroxyl groups excluding tert-OH is 8. The van der Waals surface area contributed by atoms with Crippen molar-refractivity contribution >= 4 is 17.9 Å². The molecule has 18 heteroatoms. The molecule has 3 amide bonds. The Morgan fingerprint density at radius 3 is 2.05 bits per heavy atom. The molecule has 2 aliphatic heterocycles. The highest BCUT2D eigenvalue weighted by molar-refractivity contribution is 5.99. The topological polar surface area (TPSA) is 274 Å².